The lowest BCUT2D eigenvalue weighted by Gasteiger charge is -2.16. The molecular formula is C16H29NOS. The average Bonchev–Trinajstić information content (AvgIpc) is 2.78. The van der Waals surface area contributed by atoms with Crippen LogP contribution < -0.4 is 5.32 Å². The minimum Gasteiger partial charge on any atom is -0.396 e. The molecule has 1 aromatic rings. The van der Waals surface area contributed by atoms with Crippen molar-refractivity contribution in [2.75, 3.05) is 13.2 Å². The van der Waals surface area contributed by atoms with Crippen molar-refractivity contribution in [2.45, 2.75) is 58.9 Å². The summed E-state index contributed by atoms with van der Waals surface area (Å²) in [6, 6.07) is 4.48. The fraction of sp³-hybridized carbons (Fsp3) is 0.750. The van der Waals surface area contributed by atoms with Crippen molar-refractivity contribution in [3.8, 4) is 0 Å². The number of hydrogen-bond acceptors (Lipinski definition) is 3. The molecule has 0 aliphatic carbocycles. The van der Waals surface area contributed by atoms with Crippen molar-refractivity contribution in [2.24, 2.45) is 5.92 Å². The number of hydrogen-bond donors (Lipinski definition) is 2. The maximum Gasteiger partial charge on any atom is 0.0434 e. The highest BCUT2D eigenvalue weighted by atomic mass is 32.1. The maximum absolute atomic E-state index is 9.05. The van der Waals surface area contributed by atoms with Crippen LogP contribution in [0, 0.1) is 5.92 Å². The van der Waals surface area contributed by atoms with E-state index in [4.69, 9.17) is 5.11 Å². The molecule has 0 fully saturated rings. The van der Waals surface area contributed by atoms with Gasteiger partial charge in [0.15, 0.2) is 0 Å². The van der Waals surface area contributed by atoms with Gasteiger partial charge in [-0.25, -0.2) is 0 Å². The van der Waals surface area contributed by atoms with Gasteiger partial charge < -0.3 is 10.4 Å². The second-order valence-electron chi connectivity index (χ2n) is 6.31. The molecule has 1 heterocycles. The first-order valence-electron chi connectivity index (χ1n) is 7.38. The zero-order valence-electron chi connectivity index (χ0n) is 12.8. The third-order valence-electron chi connectivity index (χ3n) is 3.37. The summed E-state index contributed by atoms with van der Waals surface area (Å²) >= 11 is 1.91. The van der Waals surface area contributed by atoms with E-state index in [-0.39, 0.29) is 5.41 Å². The molecule has 3 heteroatoms. The highest BCUT2D eigenvalue weighted by Gasteiger charge is 2.16. The van der Waals surface area contributed by atoms with Crippen molar-refractivity contribution >= 4 is 11.3 Å². The van der Waals surface area contributed by atoms with E-state index in [0.29, 0.717) is 12.5 Å². The third kappa shape index (κ3) is 6.07. The van der Waals surface area contributed by atoms with Crippen LogP contribution >= 0.6 is 11.3 Å². The summed E-state index contributed by atoms with van der Waals surface area (Å²) < 4.78 is 0. The van der Waals surface area contributed by atoms with E-state index in [9.17, 15) is 0 Å². The number of aliphatic hydroxyl groups is 1. The van der Waals surface area contributed by atoms with Crippen LogP contribution in [0.25, 0.3) is 0 Å². The monoisotopic (exact) mass is 283 g/mol. The van der Waals surface area contributed by atoms with Crippen molar-refractivity contribution in [3.63, 3.8) is 0 Å². The Morgan fingerprint density at radius 2 is 2.00 bits per heavy atom. The number of rotatable bonds is 8. The second-order valence-corrected chi connectivity index (χ2v) is 7.48. The van der Waals surface area contributed by atoms with Crippen LogP contribution in [0.1, 0.15) is 56.7 Å². The van der Waals surface area contributed by atoms with E-state index in [1.54, 1.807) is 0 Å². The Hall–Kier alpha value is -0.380. The molecule has 0 aliphatic rings. The van der Waals surface area contributed by atoms with Crippen LogP contribution in [0.4, 0.5) is 0 Å². The van der Waals surface area contributed by atoms with Crippen LogP contribution in [-0.4, -0.2) is 18.3 Å². The molecule has 2 nitrogen and oxygen atoms in total. The standard InChI is InChI=1S/C16H29NOS/c1-5-6-13(9-10-18)11-17-12-14-7-8-15(19-14)16(2,3)4/h7-8,13,17-18H,5-6,9-12H2,1-4H3. The molecule has 1 unspecified atom stereocenters. The minimum absolute atomic E-state index is 0.255. The highest BCUT2D eigenvalue weighted by molar-refractivity contribution is 7.12. The van der Waals surface area contributed by atoms with Gasteiger partial charge in [0, 0.05) is 22.9 Å². The number of nitrogens with one attached hydrogen (secondary N) is 1. The lowest BCUT2D eigenvalue weighted by molar-refractivity contribution is 0.248. The molecule has 0 saturated carbocycles. The Labute approximate surface area is 122 Å². The quantitative estimate of drug-likeness (QED) is 0.757. The summed E-state index contributed by atoms with van der Waals surface area (Å²) in [6.45, 7) is 11.3. The molecule has 0 aliphatic heterocycles. The van der Waals surface area contributed by atoms with E-state index >= 15 is 0 Å². The molecule has 0 aromatic carbocycles. The number of thiophene rings is 1. The molecule has 1 rings (SSSR count). The maximum atomic E-state index is 9.05. The molecule has 110 valence electrons. The lowest BCUT2D eigenvalue weighted by Crippen LogP contribution is -2.23. The zero-order chi connectivity index (χ0) is 14.3. The van der Waals surface area contributed by atoms with Crippen LogP contribution in [-0.2, 0) is 12.0 Å². The van der Waals surface area contributed by atoms with Gasteiger partial charge in [0.05, 0.1) is 0 Å². The molecule has 0 bridgehead atoms. The topological polar surface area (TPSA) is 32.3 Å². The predicted octanol–water partition coefficient (Wildman–Crippen LogP) is 3.93. The molecule has 0 spiro atoms. The summed E-state index contributed by atoms with van der Waals surface area (Å²) in [5, 5.41) is 12.6. The molecule has 0 amide bonds. The van der Waals surface area contributed by atoms with Gasteiger partial charge in [0.25, 0.3) is 0 Å². The first-order chi connectivity index (χ1) is 8.97. The van der Waals surface area contributed by atoms with Crippen LogP contribution in [0.5, 0.6) is 0 Å². The largest absolute Gasteiger partial charge is 0.396 e. The second kappa shape index (κ2) is 8.03. The van der Waals surface area contributed by atoms with Crippen molar-refractivity contribution in [1.29, 1.82) is 0 Å². The normalized spacial score (nSPS) is 13.7. The van der Waals surface area contributed by atoms with E-state index in [1.807, 2.05) is 11.3 Å². The Kier molecular flexibility index (Phi) is 7.05. The Bertz CT molecular complexity index is 348. The van der Waals surface area contributed by atoms with Gasteiger partial charge in [-0.15, -0.1) is 11.3 Å². The molecular weight excluding hydrogens is 254 g/mol. The van der Waals surface area contributed by atoms with E-state index < -0.39 is 0 Å². The fourth-order valence-electron chi connectivity index (χ4n) is 2.21. The molecule has 0 saturated heterocycles. The van der Waals surface area contributed by atoms with Gasteiger partial charge >= 0.3 is 0 Å². The molecule has 1 aromatic heterocycles. The number of aliphatic hydroxyl groups excluding tert-OH is 1. The van der Waals surface area contributed by atoms with E-state index in [0.717, 1.165) is 19.5 Å². The van der Waals surface area contributed by atoms with Crippen molar-refractivity contribution in [3.05, 3.63) is 21.9 Å². The van der Waals surface area contributed by atoms with Gasteiger partial charge in [-0.3, -0.25) is 0 Å². The van der Waals surface area contributed by atoms with Crippen molar-refractivity contribution < 1.29 is 5.11 Å². The average molecular weight is 283 g/mol. The fourth-order valence-corrected chi connectivity index (χ4v) is 3.25. The van der Waals surface area contributed by atoms with Crippen LogP contribution in [0.15, 0.2) is 12.1 Å². The first kappa shape index (κ1) is 16.7. The predicted molar refractivity (Wildman–Crippen MR) is 84.8 cm³/mol. The van der Waals surface area contributed by atoms with Crippen LogP contribution in [0.3, 0.4) is 0 Å². The lowest BCUT2D eigenvalue weighted by atomic mass is 9.95. The van der Waals surface area contributed by atoms with Crippen molar-refractivity contribution in [1.82, 2.24) is 5.32 Å². The Morgan fingerprint density at radius 3 is 2.53 bits per heavy atom. The summed E-state index contributed by atoms with van der Waals surface area (Å²) in [5.41, 5.74) is 0.255. The van der Waals surface area contributed by atoms with Gasteiger partial charge in [-0.05, 0) is 42.9 Å². The smallest absolute Gasteiger partial charge is 0.0434 e. The SMILES string of the molecule is CCCC(CCO)CNCc1ccc(C(C)(C)C)s1. The molecule has 0 radical (unpaired) electrons. The Morgan fingerprint density at radius 1 is 1.26 bits per heavy atom. The Balaban J connectivity index is 2.38. The van der Waals surface area contributed by atoms with E-state index in [2.05, 4.69) is 45.1 Å². The third-order valence-corrected chi connectivity index (χ3v) is 4.88. The highest BCUT2D eigenvalue weighted by Crippen LogP contribution is 2.29. The summed E-state index contributed by atoms with van der Waals surface area (Å²) in [4.78, 5) is 2.86. The molecule has 1 atom stereocenters. The molecule has 19 heavy (non-hydrogen) atoms. The summed E-state index contributed by atoms with van der Waals surface area (Å²) in [6.07, 6.45) is 3.31. The van der Waals surface area contributed by atoms with Gasteiger partial charge in [0.1, 0.15) is 0 Å². The zero-order valence-corrected chi connectivity index (χ0v) is 13.6. The van der Waals surface area contributed by atoms with Gasteiger partial charge in [-0.2, -0.15) is 0 Å². The molecule has 2 N–H and O–H groups in total. The minimum atomic E-state index is 0.255. The summed E-state index contributed by atoms with van der Waals surface area (Å²) in [5.74, 6) is 0.608. The van der Waals surface area contributed by atoms with Gasteiger partial charge in [-0.1, -0.05) is 34.1 Å². The van der Waals surface area contributed by atoms with Gasteiger partial charge in [0.2, 0.25) is 0 Å². The first-order valence-corrected chi connectivity index (χ1v) is 8.19. The summed E-state index contributed by atoms with van der Waals surface area (Å²) in [7, 11) is 0. The van der Waals surface area contributed by atoms with E-state index in [1.165, 1.54) is 22.6 Å². The van der Waals surface area contributed by atoms with Crippen LogP contribution in [0.2, 0.25) is 0 Å².